The minimum Gasteiger partial charge on any atom is -0.276 e. The molecule has 0 atom stereocenters. The molecule has 0 fully saturated rings. The number of fused-ring (bicyclic) bond motifs is 1. The van der Waals surface area contributed by atoms with E-state index < -0.39 is 0 Å². The van der Waals surface area contributed by atoms with Gasteiger partial charge in [-0.1, -0.05) is 11.3 Å². The molecule has 0 aliphatic carbocycles. The average Bonchev–Trinajstić information content (AvgIpc) is 2.36. The van der Waals surface area contributed by atoms with Crippen LogP contribution in [0.15, 0.2) is 21.8 Å². The Kier molecular flexibility index (Phi) is 1.28. The SMILES string of the molecule is O=c1scnc2ccsc12. The summed E-state index contributed by atoms with van der Waals surface area (Å²) in [5.41, 5.74) is 2.39. The van der Waals surface area contributed by atoms with Crippen molar-refractivity contribution in [2.24, 2.45) is 0 Å². The fourth-order valence-corrected chi connectivity index (χ4v) is 2.17. The fourth-order valence-electron chi connectivity index (χ4n) is 0.741. The van der Waals surface area contributed by atoms with Crippen LogP contribution in [0.4, 0.5) is 0 Å². The Bertz CT molecular complexity index is 403. The molecular formula is C6H3NOS2. The lowest BCUT2D eigenvalue weighted by atomic mass is 10.5. The summed E-state index contributed by atoms with van der Waals surface area (Å²) in [6, 6.07) is 1.86. The molecule has 2 heterocycles. The van der Waals surface area contributed by atoms with Crippen molar-refractivity contribution in [1.29, 1.82) is 0 Å². The smallest absolute Gasteiger partial charge is 0.253 e. The summed E-state index contributed by atoms with van der Waals surface area (Å²) in [7, 11) is 0. The Morgan fingerprint density at radius 2 is 2.30 bits per heavy atom. The van der Waals surface area contributed by atoms with E-state index in [2.05, 4.69) is 4.98 Å². The summed E-state index contributed by atoms with van der Waals surface area (Å²) in [6.07, 6.45) is 0. The predicted octanol–water partition coefficient (Wildman–Crippen LogP) is 1.72. The summed E-state index contributed by atoms with van der Waals surface area (Å²) in [5.74, 6) is 0. The fraction of sp³-hybridized carbons (Fsp3) is 0. The van der Waals surface area contributed by atoms with Crippen LogP contribution >= 0.6 is 22.7 Å². The van der Waals surface area contributed by atoms with Crippen molar-refractivity contribution in [1.82, 2.24) is 4.98 Å². The van der Waals surface area contributed by atoms with Gasteiger partial charge in [-0.05, 0) is 11.4 Å². The van der Waals surface area contributed by atoms with Crippen molar-refractivity contribution >= 4 is 32.9 Å². The van der Waals surface area contributed by atoms with E-state index in [9.17, 15) is 4.79 Å². The Morgan fingerprint density at radius 1 is 1.40 bits per heavy atom. The van der Waals surface area contributed by atoms with Crippen LogP contribution in [0.1, 0.15) is 0 Å². The van der Waals surface area contributed by atoms with E-state index in [1.54, 1.807) is 5.51 Å². The van der Waals surface area contributed by atoms with Gasteiger partial charge >= 0.3 is 0 Å². The minimum atomic E-state index is 0.111. The Balaban J connectivity index is 3.09. The van der Waals surface area contributed by atoms with Gasteiger partial charge in [-0.25, -0.2) is 4.98 Å². The first-order valence-corrected chi connectivity index (χ1v) is 4.45. The molecule has 0 N–H and O–H groups in total. The van der Waals surface area contributed by atoms with Gasteiger partial charge < -0.3 is 0 Å². The zero-order chi connectivity index (χ0) is 6.97. The molecule has 10 heavy (non-hydrogen) atoms. The molecule has 0 aliphatic rings. The molecule has 0 bridgehead atoms. The monoisotopic (exact) mass is 169 g/mol. The van der Waals surface area contributed by atoms with Gasteiger partial charge in [0.25, 0.3) is 4.74 Å². The highest BCUT2D eigenvalue weighted by Crippen LogP contribution is 2.13. The van der Waals surface area contributed by atoms with Crippen molar-refractivity contribution in [3.63, 3.8) is 0 Å². The number of rotatable bonds is 0. The molecule has 2 nitrogen and oxygen atoms in total. The standard InChI is InChI=1S/C6H3NOS2/c8-6-5-4(1-2-9-5)7-3-10-6/h1-3H. The Hall–Kier alpha value is -0.740. The molecular weight excluding hydrogens is 166 g/mol. The van der Waals surface area contributed by atoms with Crippen LogP contribution < -0.4 is 4.74 Å². The first kappa shape index (κ1) is 6.00. The van der Waals surface area contributed by atoms with Gasteiger partial charge in [-0.15, -0.1) is 11.3 Å². The third-order valence-electron chi connectivity index (χ3n) is 1.18. The second kappa shape index (κ2) is 2.14. The highest BCUT2D eigenvalue weighted by molar-refractivity contribution is 7.19. The van der Waals surface area contributed by atoms with Crippen LogP contribution in [0.5, 0.6) is 0 Å². The molecule has 0 saturated carbocycles. The summed E-state index contributed by atoms with van der Waals surface area (Å²) in [4.78, 5) is 15.1. The topological polar surface area (TPSA) is 30.0 Å². The van der Waals surface area contributed by atoms with Crippen LogP contribution in [-0.2, 0) is 0 Å². The van der Waals surface area contributed by atoms with Gasteiger partial charge in [-0.3, -0.25) is 4.79 Å². The zero-order valence-corrected chi connectivity index (χ0v) is 6.54. The summed E-state index contributed by atoms with van der Waals surface area (Å²) >= 11 is 2.59. The molecule has 2 rings (SSSR count). The lowest BCUT2D eigenvalue weighted by Crippen LogP contribution is -1.90. The Labute approximate surface area is 64.8 Å². The van der Waals surface area contributed by atoms with Crippen molar-refractivity contribution < 1.29 is 0 Å². The summed E-state index contributed by atoms with van der Waals surface area (Å²) in [6.45, 7) is 0. The molecule has 0 aromatic carbocycles. The minimum absolute atomic E-state index is 0.111. The highest BCUT2D eigenvalue weighted by Gasteiger charge is 1.97. The number of thiophene rings is 1. The number of hydrogen-bond acceptors (Lipinski definition) is 4. The molecule has 0 unspecified atom stereocenters. The Morgan fingerprint density at radius 3 is 3.10 bits per heavy atom. The average molecular weight is 169 g/mol. The van der Waals surface area contributed by atoms with Gasteiger partial charge in [0.15, 0.2) is 0 Å². The third-order valence-corrected chi connectivity index (χ3v) is 2.84. The molecule has 0 aliphatic heterocycles. The van der Waals surface area contributed by atoms with E-state index >= 15 is 0 Å². The second-order valence-electron chi connectivity index (χ2n) is 1.77. The number of aromatic nitrogens is 1. The zero-order valence-electron chi connectivity index (χ0n) is 4.90. The van der Waals surface area contributed by atoms with Crippen molar-refractivity contribution in [2.45, 2.75) is 0 Å². The number of nitrogens with zero attached hydrogens (tertiary/aromatic N) is 1. The highest BCUT2D eigenvalue weighted by atomic mass is 32.1. The molecule has 4 heteroatoms. The summed E-state index contributed by atoms with van der Waals surface area (Å²) in [5, 5.41) is 1.88. The predicted molar refractivity (Wildman–Crippen MR) is 43.8 cm³/mol. The normalized spacial score (nSPS) is 10.4. The van der Waals surface area contributed by atoms with E-state index in [1.807, 2.05) is 11.4 Å². The van der Waals surface area contributed by atoms with Crippen LogP contribution in [0.3, 0.4) is 0 Å². The van der Waals surface area contributed by atoms with E-state index in [1.165, 1.54) is 11.3 Å². The first-order valence-electron chi connectivity index (χ1n) is 2.69. The van der Waals surface area contributed by atoms with Crippen molar-refractivity contribution in [3.8, 4) is 0 Å². The van der Waals surface area contributed by atoms with E-state index in [-0.39, 0.29) is 4.74 Å². The lowest BCUT2D eigenvalue weighted by molar-refractivity contribution is 1.49. The quantitative estimate of drug-likeness (QED) is 0.601. The van der Waals surface area contributed by atoms with Gasteiger partial charge in [-0.2, -0.15) is 0 Å². The van der Waals surface area contributed by atoms with Crippen LogP contribution in [0, 0.1) is 0 Å². The molecule has 0 saturated heterocycles. The van der Waals surface area contributed by atoms with Crippen LogP contribution in [0.25, 0.3) is 10.2 Å². The number of hydrogen-bond donors (Lipinski definition) is 0. The largest absolute Gasteiger partial charge is 0.276 e. The van der Waals surface area contributed by atoms with E-state index in [0.29, 0.717) is 0 Å². The second-order valence-corrected chi connectivity index (χ2v) is 3.51. The van der Waals surface area contributed by atoms with Crippen LogP contribution in [-0.4, -0.2) is 4.98 Å². The molecule has 0 amide bonds. The molecule has 0 radical (unpaired) electrons. The molecule has 0 spiro atoms. The maximum atomic E-state index is 11.0. The molecule has 2 aromatic heterocycles. The third kappa shape index (κ3) is 0.767. The van der Waals surface area contributed by atoms with Crippen molar-refractivity contribution in [3.05, 3.63) is 26.5 Å². The van der Waals surface area contributed by atoms with E-state index in [4.69, 9.17) is 0 Å². The lowest BCUT2D eigenvalue weighted by Gasteiger charge is -1.80. The van der Waals surface area contributed by atoms with Crippen molar-refractivity contribution in [2.75, 3.05) is 0 Å². The maximum Gasteiger partial charge on any atom is 0.253 e. The van der Waals surface area contributed by atoms with Gasteiger partial charge in [0.05, 0.1) is 11.0 Å². The van der Waals surface area contributed by atoms with Crippen LogP contribution in [0.2, 0.25) is 0 Å². The summed E-state index contributed by atoms with van der Waals surface area (Å²) < 4.78 is 0.882. The molecule has 50 valence electrons. The van der Waals surface area contributed by atoms with Gasteiger partial charge in [0.1, 0.15) is 4.70 Å². The molecule has 2 aromatic rings. The van der Waals surface area contributed by atoms with Gasteiger partial charge in [0.2, 0.25) is 0 Å². The maximum absolute atomic E-state index is 11.0. The van der Waals surface area contributed by atoms with Gasteiger partial charge in [0, 0.05) is 0 Å². The van der Waals surface area contributed by atoms with E-state index in [0.717, 1.165) is 21.6 Å². The first-order chi connectivity index (χ1) is 4.88.